The van der Waals surface area contributed by atoms with E-state index in [1.807, 2.05) is 0 Å². The quantitative estimate of drug-likeness (QED) is 0.792. The number of hydrogen-bond donors (Lipinski definition) is 2. The molecule has 1 aromatic rings. The zero-order chi connectivity index (χ0) is 10.9. The third-order valence-corrected chi connectivity index (χ3v) is 2.43. The van der Waals surface area contributed by atoms with Crippen molar-refractivity contribution in [2.24, 2.45) is 0 Å². The van der Waals surface area contributed by atoms with Gasteiger partial charge in [-0.05, 0) is 17.7 Å². The SMILES string of the molecule is OC1(c2cccc(OC(F)F)c2)CNC1. The average molecular weight is 215 g/mol. The van der Waals surface area contributed by atoms with Crippen LogP contribution in [0.15, 0.2) is 24.3 Å². The molecule has 1 aromatic carbocycles. The number of alkyl halides is 2. The molecule has 3 nitrogen and oxygen atoms in total. The molecule has 1 heterocycles. The van der Waals surface area contributed by atoms with Gasteiger partial charge in [0.15, 0.2) is 0 Å². The van der Waals surface area contributed by atoms with Gasteiger partial charge < -0.3 is 15.2 Å². The minimum Gasteiger partial charge on any atom is -0.435 e. The predicted octanol–water partition coefficient (Wildman–Crippen LogP) is 1.08. The van der Waals surface area contributed by atoms with Gasteiger partial charge in [0.25, 0.3) is 0 Å². The molecule has 0 saturated carbocycles. The molecule has 2 N–H and O–H groups in total. The van der Waals surface area contributed by atoms with E-state index >= 15 is 0 Å². The van der Waals surface area contributed by atoms with Gasteiger partial charge in [-0.1, -0.05) is 12.1 Å². The summed E-state index contributed by atoms with van der Waals surface area (Å²) in [6.45, 7) is -1.97. The van der Waals surface area contributed by atoms with Gasteiger partial charge in [0.05, 0.1) is 0 Å². The molecule has 2 rings (SSSR count). The summed E-state index contributed by atoms with van der Waals surface area (Å²) in [5.41, 5.74) is -0.346. The monoisotopic (exact) mass is 215 g/mol. The summed E-state index contributed by atoms with van der Waals surface area (Å²) in [7, 11) is 0. The Balaban J connectivity index is 2.19. The second kappa shape index (κ2) is 3.75. The Bertz CT molecular complexity index is 353. The van der Waals surface area contributed by atoms with Crippen molar-refractivity contribution in [1.82, 2.24) is 5.32 Å². The zero-order valence-corrected chi connectivity index (χ0v) is 7.91. The Morgan fingerprint density at radius 1 is 1.40 bits per heavy atom. The molecule has 0 atom stereocenters. The van der Waals surface area contributed by atoms with Crippen molar-refractivity contribution in [3.05, 3.63) is 29.8 Å². The third-order valence-electron chi connectivity index (χ3n) is 2.43. The van der Waals surface area contributed by atoms with Gasteiger partial charge in [0.1, 0.15) is 11.4 Å². The highest BCUT2D eigenvalue weighted by atomic mass is 19.3. The summed E-state index contributed by atoms with van der Waals surface area (Å²) in [5.74, 6) is 0.0721. The van der Waals surface area contributed by atoms with Crippen LogP contribution in [0.5, 0.6) is 5.75 Å². The molecule has 0 amide bonds. The molecule has 0 radical (unpaired) electrons. The Morgan fingerprint density at radius 2 is 2.13 bits per heavy atom. The standard InChI is InChI=1S/C10H11F2NO2/c11-9(12)15-8-3-1-2-7(4-8)10(14)5-13-6-10/h1-4,9,13-14H,5-6H2. The van der Waals surface area contributed by atoms with Crippen LogP contribution in [0, 0.1) is 0 Å². The summed E-state index contributed by atoms with van der Waals surface area (Å²) in [6.07, 6.45) is 0. The Morgan fingerprint density at radius 3 is 2.67 bits per heavy atom. The summed E-state index contributed by atoms with van der Waals surface area (Å²) in [5, 5.41) is 12.9. The maximum atomic E-state index is 11.9. The van der Waals surface area contributed by atoms with Crippen LogP contribution in [0.4, 0.5) is 8.78 Å². The van der Waals surface area contributed by atoms with Crippen molar-refractivity contribution >= 4 is 0 Å². The van der Waals surface area contributed by atoms with Crippen LogP contribution in [-0.4, -0.2) is 24.8 Å². The summed E-state index contributed by atoms with van der Waals surface area (Å²) >= 11 is 0. The van der Waals surface area contributed by atoms with Crippen LogP contribution < -0.4 is 10.1 Å². The lowest BCUT2D eigenvalue weighted by atomic mass is 9.88. The molecule has 1 saturated heterocycles. The van der Waals surface area contributed by atoms with Crippen molar-refractivity contribution < 1.29 is 18.6 Å². The van der Waals surface area contributed by atoms with E-state index in [0.29, 0.717) is 18.7 Å². The van der Waals surface area contributed by atoms with E-state index in [0.717, 1.165) is 0 Å². The van der Waals surface area contributed by atoms with E-state index in [2.05, 4.69) is 10.1 Å². The minimum absolute atomic E-state index is 0.0721. The molecule has 0 aliphatic carbocycles. The molecule has 82 valence electrons. The first-order valence-corrected chi connectivity index (χ1v) is 4.59. The average Bonchev–Trinajstić information content (AvgIpc) is 2.13. The van der Waals surface area contributed by atoms with Crippen LogP contribution in [-0.2, 0) is 5.60 Å². The highest BCUT2D eigenvalue weighted by molar-refractivity contribution is 5.34. The number of ether oxygens (including phenoxy) is 1. The second-order valence-electron chi connectivity index (χ2n) is 3.54. The molecule has 0 aromatic heterocycles. The fraction of sp³-hybridized carbons (Fsp3) is 0.400. The lowest BCUT2D eigenvalue weighted by Crippen LogP contribution is -2.56. The van der Waals surface area contributed by atoms with E-state index < -0.39 is 12.2 Å². The predicted molar refractivity (Wildman–Crippen MR) is 49.8 cm³/mol. The van der Waals surface area contributed by atoms with Crippen LogP contribution in [0.25, 0.3) is 0 Å². The lowest BCUT2D eigenvalue weighted by Gasteiger charge is -2.38. The molecule has 1 fully saturated rings. The fourth-order valence-corrected chi connectivity index (χ4v) is 1.53. The van der Waals surface area contributed by atoms with Crippen molar-refractivity contribution in [2.75, 3.05) is 13.1 Å². The lowest BCUT2D eigenvalue weighted by molar-refractivity contribution is -0.0508. The second-order valence-corrected chi connectivity index (χ2v) is 3.54. The van der Waals surface area contributed by atoms with E-state index in [-0.39, 0.29) is 5.75 Å². The first-order valence-electron chi connectivity index (χ1n) is 4.59. The van der Waals surface area contributed by atoms with Gasteiger partial charge in [0.2, 0.25) is 0 Å². The van der Waals surface area contributed by atoms with E-state index in [4.69, 9.17) is 0 Å². The van der Waals surface area contributed by atoms with Gasteiger partial charge in [-0.15, -0.1) is 0 Å². The highest BCUT2D eigenvalue weighted by Gasteiger charge is 2.36. The van der Waals surface area contributed by atoms with E-state index in [9.17, 15) is 13.9 Å². The summed E-state index contributed by atoms with van der Waals surface area (Å²) < 4.78 is 28.1. The van der Waals surface area contributed by atoms with E-state index in [1.165, 1.54) is 12.1 Å². The Labute approximate surface area is 85.7 Å². The van der Waals surface area contributed by atoms with E-state index in [1.54, 1.807) is 12.1 Å². The molecular weight excluding hydrogens is 204 g/mol. The minimum atomic E-state index is -2.84. The Kier molecular flexibility index (Phi) is 2.58. The molecular formula is C10H11F2NO2. The maximum Gasteiger partial charge on any atom is 0.387 e. The fourth-order valence-electron chi connectivity index (χ4n) is 1.53. The topological polar surface area (TPSA) is 41.5 Å². The van der Waals surface area contributed by atoms with Gasteiger partial charge in [-0.25, -0.2) is 0 Å². The van der Waals surface area contributed by atoms with Crippen LogP contribution in [0.2, 0.25) is 0 Å². The molecule has 1 aliphatic rings. The smallest absolute Gasteiger partial charge is 0.387 e. The number of aliphatic hydroxyl groups is 1. The number of halogens is 2. The molecule has 15 heavy (non-hydrogen) atoms. The van der Waals surface area contributed by atoms with Crippen LogP contribution >= 0.6 is 0 Å². The number of benzene rings is 1. The van der Waals surface area contributed by atoms with Gasteiger partial charge in [-0.2, -0.15) is 8.78 Å². The normalized spacial score (nSPS) is 18.7. The van der Waals surface area contributed by atoms with Gasteiger partial charge in [-0.3, -0.25) is 0 Å². The molecule has 0 spiro atoms. The number of nitrogens with one attached hydrogen (secondary N) is 1. The van der Waals surface area contributed by atoms with Gasteiger partial charge in [0, 0.05) is 13.1 Å². The summed E-state index contributed by atoms with van der Waals surface area (Å²) in [6, 6.07) is 6.15. The molecule has 0 unspecified atom stereocenters. The largest absolute Gasteiger partial charge is 0.435 e. The molecule has 1 aliphatic heterocycles. The zero-order valence-electron chi connectivity index (χ0n) is 7.91. The molecule has 5 heteroatoms. The third kappa shape index (κ3) is 2.08. The van der Waals surface area contributed by atoms with Crippen LogP contribution in [0.3, 0.4) is 0 Å². The first-order chi connectivity index (χ1) is 7.10. The number of rotatable bonds is 3. The number of hydrogen-bond acceptors (Lipinski definition) is 3. The highest BCUT2D eigenvalue weighted by Crippen LogP contribution is 2.28. The number of β-amino-alcohol motifs (C(OH)–C–C–N with tert-alkyl or cyclic N) is 1. The van der Waals surface area contributed by atoms with Crippen molar-refractivity contribution in [3.8, 4) is 5.75 Å². The van der Waals surface area contributed by atoms with Crippen molar-refractivity contribution in [1.29, 1.82) is 0 Å². The maximum absolute atomic E-state index is 11.9. The molecule has 0 bridgehead atoms. The summed E-state index contributed by atoms with van der Waals surface area (Å²) in [4.78, 5) is 0. The van der Waals surface area contributed by atoms with Gasteiger partial charge >= 0.3 is 6.61 Å². The first kappa shape index (κ1) is 10.3. The Hall–Kier alpha value is -1.20. The van der Waals surface area contributed by atoms with Crippen molar-refractivity contribution in [3.63, 3.8) is 0 Å². The van der Waals surface area contributed by atoms with Crippen LogP contribution in [0.1, 0.15) is 5.56 Å². The van der Waals surface area contributed by atoms with Crippen molar-refractivity contribution in [2.45, 2.75) is 12.2 Å².